The first kappa shape index (κ1) is 18.8. The molecule has 0 radical (unpaired) electrons. The van der Waals surface area contributed by atoms with Gasteiger partial charge in [0.1, 0.15) is 5.82 Å². The van der Waals surface area contributed by atoms with Gasteiger partial charge in [-0.2, -0.15) is 0 Å². The van der Waals surface area contributed by atoms with Gasteiger partial charge in [-0.1, -0.05) is 41.9 Å². The minimum absolute atomic E-state index is 0.0131. The SMILES string of the molecule is O=c1[nH]c2ncccc2n1-c1nc(N2CC[C@@H](O)[C@@H](c3ccccc3)C2)ccc1Cl. The number of rotatable bonds is 3. The lowest BCUT2D eigenvalue weighted by atomic mass is 9.88. The molecule has 30 heavy (non-hydrogen) atoms. The predicted octanol–water partition coefficient (Wildman–Crippen LogP) is 3.12. The van der Waals surface area contributed by atoms with Gasteiger partial charge in [0.2, 0.25) is 0 Å². The molecule has 1 saturated heterocycles. The van der Waals surface area contributed by atoms with Crippen LogP contribution in [0.2, 0.25) is 5.02 Å². The molecule has 2 N–H and O–H groups in total. The zero-order chi connectivity index (χ0) is 20.7. The van der Waals surface area contributed by atoms with E-state index in [4.69, 9.17) is 16.6 Å². The Labute approximate surface area is 177 Å². The zero-order valence-electron chi connectivity index (χ0n) is 16.1. The van der Waals surface area contributed by atoms with E-state index in [-0.39, 0.29) is 11.6 Å². The summed E-state index contributed by atoms with van der Waals surface area (Å²) in [7, 11) is 0. The highest BCUT2D eigenvalue weighted by Gasteiger charge is 2.30. The van der Waals surface area contributed by atoms with E-state index in [1.807, 2.05) is 36.4 Å². The summed E-state index contributed by atoms with van der Waals surface area (Å²) in [5.74, 6) is 1.06. The largest absolute Gasteiger partial charge is 0.392 e. The molecule has 1 fully saturated rings. The summed E-state index contributed by atoms with van der Waals surface area (Å²) in [4.78, 5) is 26.4. The van der Waals surface area contributed by atoms with Crippen molar-refractivity contribution in [1.82, 2.24) is 19.5 Å². The topological polar surface area (TPSA) is 87.0 Å². The molecule has 3 aromatic heterocycles. The highest BCUT2D eigenvalue weighted by molar-refractivity contribution is 6.32. The summed E-state index contributed by atoms with van der Waals surface area (Å²) in [6.07, 6.45) is 1.85. The van der Waals surface area contributed by atoms with E-state index in [9.17, 15) is 9.90 Å². The summed E-state index contributed by atoms with van der Waals surface area (Å²) >= 11 is 6.43. The van der Waals surface area contributed by atoms with Gasteiger partial charge in [-0.05, 0) is 36.2 Å². The van der Waals surface area contributed by atoms with Crippen molar-refractivity contribution in [3.8, 4) is 5.82 Å². The summed E-state index contributed by atoms with van der Waals surface area (Å²) in [6.45, 7) is 1.30. The number of hydrogen-bond donors (Lipinski definition) is 2. The normalized spacial score (nSPS) is 19.3. The Morgan fingerprint density at radius 1 is 1.10 bits per heavy atom. The molecule has 0 amide bonds. The Morgan fingerprint density at radius 2 is 1.93 bits per heavy atom. The molecule has 1 aliphatic rings. The maximum atomic E-state index is 12.6. The van der Waals surface area contributed by atoms with Crippen LogP contribution in [0.15, 0.2) is 65.6 Å². The summed E-state index contributed by atoms with van der Waals surface area (Å²) in [6, 6.07) is 17.2. The number of pyridine rings is 2. The quantitative estimate of drug-likeness (QED) is 0.530. The smallest absolute Gasteiger partial charge is 0.333 e. The van der Waals surface area contributed by atoms with Gasteiger partial charge < -0.3 is 10.0 Å². The number of benzene rings is 1. The molecule has 0 unspecified atom stereocenters. The first-order chi connectivity index (χ1) is 14.6. The van der Waals surface area contributed by atoms with Crippen LogP contribution in [-0.4, -0.2) is 43.8 Å². The fraction of sp³-hybridized carbons (Fsp3) is 0.227. The van der Waals surface area contributed by atoms with Crippen molar-refractivity contribution in [2.75, 3.05) is 18.0 Å². The van der Waals surface area contributed by atoms with Crippen molar-refractivity contribution in [3.63, 3.8) is 0 Å². The monoisotopic (exact) mass is 421 g/mol. The number of halogens is 1. The van der Waals surface area contributed by atoms with E-state index in [1.165, 1.54) is 4.57 Å². The number of H-pyrrole nitrogens is 1. The lowest BCUT2D eigenvalue weighted by Gasteiger charge is -2.37. The second-order valence-electron chi connectivity index (χ2n) is 7.43. The molecule has 0 saturated carbocycles. The third-order valence-electron chi connectivity index (χ3n) is 5.61. The van der Waals surface area contributed by atoms with E-state index in [0.29, 0.717) is 47.3 Å². The average molecular weight is 422 g/mol. The fourth-order valence-corrected chi connectivity index (χ4v) is 4.27. The molecule has 2 atom stereocenters. The predicted molar refractivity (Wildman–Crippen MR) is 117 cm³/mol. The number of piperidine rings is 1. The maximum absolute atomic E-state index is 12.6. The Bertz CT molecular complexity index is 1250. The van der Waals surface area contributed by atoms with E-state index in [1.54, 1.807) is 24.4 Å². The molecule has 7 nitrogen and oxygen atoms in total. The van der Waals surface area contributed by atoms with Gasteiger partial charge in [0.25, 0.3) is 0 Å². The summed E-state index contributed by atoms with van der Waals surface area (Å²) in [5, 5.41) is 10.9. The van der Waals surface area contributed by atoms with Gasteiger partial charge in [-0.25, -0.2) is 19.3 Å². The van der Waals surface area contributed by atoms with Crippen LogP contribution in [0.25, 0.3) is 17.0 Å². The van der Waals surface area contributed by atoms with Crippen molar-refractivity contribution >= 4 is 28.6 Å². The van der Waals surface area contributed by atoms with Crippen molar-refractivity contribution in [1.29, 1.82) is 0 Å². The Kier molecular flexibility index (Phi) is 4.77. The van der Waals surface area contributed by atoms with Gasteiger partial charge in [0, 0.05) is 25.2 Å². The second kappa shape index (κ2) is 7.59. The molecule has 0 bridgehead atoms. The number of nitrogens with zero attached hydrogens (tertiary/aromatic N) is 4. The Balaban J connectivity index is 1.54. The number of hydrogen-bond acceptors (Lipinski definition) is 5. The molecule has 8 heteroatoms. The zero-order valence-corrected chi connectivity index (χ0v) is 16.8. The second-order valence-corrected chi connectivity index (χ2v) is 7.84. The summed E-state index contributed by atoms with van der Waals surface area (Å²) in [5.41, 5.74) is 1.86. The first-order valence-electron chi connectivity index (χ1n) is 9.82. The molecule has 5 rings (SSSR count). The van der Waals surface area contributed by atoms with Gasteiger partial charge in [0.05, 0.1) is 16.6 Å². The van der Waals surface area contributed by atoms with Crippen LogP contribution in [0.3, 0.4) is 0 Å². The maximum Gasteiger partial charge on any atom is 0.333 e. The van der Waals surface area contributed by atoms with Crippen LogP contribution >= 0.6 is 11.6 Å². The van der Waals surface area contributed by atoms with Crippen molar-refractivity contribution < 1.29 is 5.11 Å². The number of aromatic nitrogens is 4. The molecular formula is C22H20ClN5O2. The van der Waals surface area contributed by atoms with Crippen molar-refractivity contribution in [2.45, 2.75) is 18.4 Å². The van der Waals surface area contributed by atoms with E-state index >= 15 is 0 Å². The lowest BCUT2D eigenvalue weighted by Crippen LogP contribution is -2.42. The van der Waals surface area contributed by atoms with Crippen LogP contribution in [-0.2, 0) is 0 Å². The van der Waals surface area contributed by atoms with Gasteiger partial charge in [-0.3, -0.25) is 4.98 Å². The van der Waals surface area contributed by atoms with Crippen LogP contribution < -0.4 is 10.6 Å². The molecule has 0 spiro atoms. The van der Waals surface area contributed by atoms with Crippen LogP contribution in [0, 0.1) is 0 Å². The highest BCUT2D eigenvalue weighted by atomic mass is 35.5. The minimum Gasteiger partial charge on any atom is -0.392 e. The number of nitrogens with one attached hydrogen (secondary N) is 1. The standard InChI is InChI=1S/C22H20ClN5O2/c23-16-8-9-19(25-21(16)28-17-7-4-11-24-20(17)26-22(28)30)27-12-10-18(29)15(13-27)14-5-2-1-3-6-14/h1-9,11,15,18,29H,10,12-13H2,(H,24,26,30)/t15-,18-/m1/s1. The molecule has 4 heterocycles. The van der Waals surface area contributed by atoms with E-state index in [2.05, 4.69) is 14.9 Å². The highest BCUT2D eigenvalue weighted by Crippen LogP contribution is 2.31. The number of imidazole rings is 1. The summed E-state index contributed by atoms with van der Waals surface area (Å²) < 4.78 is 1.45. The number of fused-ring (bicyclic) bond motifs is 1. The van der Waals surface area contributed by atoms with Gasteiger partial charge >= 0.3 is 5.69 Å². The number of aliphatic hydroxyl groups is 1. The van der Waals surface area contributed by atoms with Gasteiger partial charge in [0.15, 0.2) is 11.5 Å². The van der Waals surface area contributed by atoms with Crippen molar-refractivity contribution in [3.05, 3.63) is 81.9 Å². The molecule has 1 aliphatic heterocycles. The molecule has 0 aliphatic carbocycles. The van der Waals surface area contributed by atoms with Crippen LogP contribution in [0.5, 0.6) is 0 Å². The van der Waals surface area contributed by atoms with E-state index < -0.39 is 6.10 Å². The average Bonchev–Trinajstić information content (AvgIpc) is 3.11. The fourth-order valence-electron chi connectivity index (χ4n) is 4.08. The first-order valence-corrected chi connectivity index (χ1v) is 10.2. The Hall–Kier alpha value is -3.16. The number of aliphatic hydroxyl groups excluding tert-OH is 1. The number of aromatic amines is 1. The molecule has 4 aromatic rings. The lowest BCUT2D eigenvalue weighted by molar-refractivity contribution is 0.122. The Morgan fingerprint density at radius 3 is 2.77 bits per heavy atom. The van der Waals surface area contributed by atoms with E-state index in [0.717, 1.165) is 5.56 Å². The molecule has 1 aromatic carbocycles. The minimum atomic E-state index is -0.405. The third kappa shape index (κ3) is 3.26. The van der Waals surface area contributed by atoms with Crippen molar-refractivity contribution in [2.24, 2.45) is 0 Å². The molecular weight excluding hydrogens is 402 g/mol. The van der Waals surface area contributed by atoms with Crippen LogP contribution in [0.4, 0.5) is 5.82 Å². The molecule has 152 valence electrons. The van der Waals surface area contributed by atoms with Gasteiger partial charge in [-0.15, -0.1) is 0 Å². The number of anilines is 1. The van der Waals surface area contributed by atoms with Crippen LogP contribution in [0.1, 0.15) is 17.9 Å². The third-order valence-corrected chi connectivity index (χ3v) is 5.90.